The molecule has 6 heteroatoms. The molecule has 1 aliphatic rings. The summed E-state index contributed by atoms with van der Waals surface area (Å²) in [6, 6.07) is 20.2. The highest BCUT2D eigenvalue weighted by Crippen LogP contribution is 2.15. The van der Waals surface area contributed by atoms with Crippen molar-refractivity contribution in [2.75, 3.05) is 18.1 Å². The van der Waals surface area contributed by atoms with Gasteiger partial charge in [-0.3, -0.25) is 10.3 Å². The lowest BCUT2D eigenvalue weighted by atomic mass is 10.2. The van der Waals surface area contributed by atoms with Gasteiger partial charge in [0, 0.05) is 19.3 Å². The molecule has 0 fully saturated rings. The Kier molecular flexibility index (Phi) is 7.49. The van der Waals surface area contributed by atoms with E-state index < -0.39 is 5.60 Å². The zero-order valence-electron chi connectivity index (χ0n) is 18.0. The number of nitrogens with zero attached hydrogens (tertiary/aromatic N) is 2. The first-order valence-corrected chi connectivity index (χ1v) is 10.4. The van der Waals surface area contributed by atoms with Crippen LogP contribution in [0.3, 0.4) is 0 Å². The van der Waals surface area contributed by atoms with Gasteiger partial charge in [0.2, 0.25) is 0 Å². The third-order valence-electron chi connectivity index (χ3n) is 4.58. The molecule has 0 aliphatic carbocycles. The number of hydrogen-bond donors (Lipinski definition) is 2. The Labute approximate surface area is 179 Å². The number of para-hydroxylation sites is 1. The predicted molar refractivity (Wildman–Crippen MR) is 121 cm³/mol. The average Bonchev–Trinajstić information content (AvgIpc) is 3.19. The molecule has 30 heavy (non-hydrogen) atoms. The number of anilines is 1. The van der Waals surface area contributed by atoms with Crippen molar-refractivity contribution in [1.29, 1.82) is 0 Å². The van der Waals surface area contributed by atoms with E-state index in [9.17, 15) is 4.79 Å². The van der Waals surface area contributed by atoms with Gasteiger partial charge in [0.15, 0.2) is 0 Å². The van der Waals surface area contributed by atoms with Gasteiger partial charge in [0.1, 0.15) is 5.60 Å². The molecule has 1 amide bonds. The Bertz CT molecular complexity index is 818. The molecule has 0 bridgehead atoms. The summed E-state index contributed by atoms with van der Waals surface area (Å²) in [4.78, 5) is 14.4. The molecular weight excluding hydrogens is 376 g/mol. The van der Waals surface area contributed by atoms with E-state index >= 15 is 0 Å². The van der Waals surface area contributed by atoms with Crippen LogP contribution < -0.4 is 15.8 Å². The van der Waals surface area contributed by atoms with Crippen molar-refractivity contribution in [2.24, 2.45) is 0 Å². The van der Waals surface area contributed by atoms with E-state index in [2.05, 4.69) is 29.0 Å². The molecule has 0 saturated heterocycles. The minimum atomic E-state index is -0.510. The number of nitrogens with one attached hydrogen (secondary N) is 2. The van der Waals surface area contributed by atoms with Gasteiger partial charge in [-0.1, -0.05) is 48.5 Å². The van der Waals surface area contributed by atoms with Crippen LogP contribution in [0.1, 0.15) is 32.8 Å². The molecule has 1 aliphatic heterocycles. The monoisotopic (exact) mass is 408 g/mol. The Balaban J connectivity index is 1.47. The SMILES string of the molecule is CC(C)(C)OC(=O)N(CCCNC1C=CN(c2ccccc2)N1)Cc1ccccc1. The van der Waals surface area contributed by atoms with Gasteiger partial charge in [-0.15, -0.1) is 0 Å². The highest BCUT2D eigenvalue weighted by atomic mass is 16.6. The number of carbonyl (C=O) groups is 1. The first-order valence-electron chi connectivity index (χ1n) is 10.4. The molecule has 1 heterocycles. The summed E-state index contributed by atoms with van der Waals surface area (Å²) in [5, 5.41) is 5.47. The second-order valence-electron chi connectivity index (χ2n) is 8.35. The van der Waals surface area contributed by atoms with Gasteiger partial charge in [0.05, 0.1) is 11.9 Å². The largest absolute Gasteiger partial charge is 0.444 e. The molecule has 6 nitrogen and oxygen atoms in total. The third-order valence-corrected chi connectivity index (χ3v) is 4.58. The molecule has 0 saturated carbocycles. The molecule has 160 valence electrons. The lowest BCUT2D eigenvalue weighted by Crippen LogP contribution is -2.45. The fourth-order valence-electron chi connectivity index (χ4n) is 3.16. The first kappa shape index (κ1) is 21.9. The van der Waals surface area contributed by atoms with Crippen molar-refractivity contribution in [3.63, 3.8) is 0 Å². The van der Waals surface area contributed by atoms with Crippen LogP contribution in [0, 0.1) is 0 Å². The van der Waals surface area contributed by atoms with Crippen LogP contribution in [0.15, 0.2) is 72.9 Å². The van der Waals surface area contributed by atoms with Crippen LogP contribution in [0.4, 0.5) is 10.5 Å². The molecule has 2 N–H and O–H groups in total. The number of benzene rings is 2. The molecule has 1 atom stereocenters. The lowest BCUT2D eigenvalue weighted by Gasteiger charge is -2.28. The molecule has 3 rings (SSSR count). The molecule has 2 aromatic rings. The summed E-state index contributed by atoms with van der Waals surface area (Å²) in [5.74, 6) is 0. The van der Waals surface area contributed by atoms with E-state index in [0.29, 0.717) is 13.1 Å². The van der Waals surface area contributed by atoms with Crippen molar-refractivity contribution in [3.05, 3.63) is 78.5 Å². The smallest absolute Gasteiger partial charge is 0.410 e. The Morgan fingerprint density at radius 2 is 1.77 bits per heavy atom. The number of amides is 1. The zero-order chi connectivity index (χ0) is 21.4. The summed E-state index contributed by atoms with van der Waals surface area (Å²) in [6.07, 6.45) is 4.72. The number of hydrazine groups is 1. The van der Waals surface area contributed by atoms with E-state index in [4.69, 9.17) is 4.74 Å². The number of rotatable bonds is 8. The summed E-state index contributed by atoms with van der Waals surface area (Å²) in [6.45, 7) is 7.62. The molecule has 0 aromatic heterocycles. The van der Waals surface area contributed by atoms with Crippen LogP contribution in [0.25, 0.3) is 0 Å². The maximum absolute atomic E-state index is 12.7. The second kappa shape index (κ2) is 10.3. The van der Waals surface area contributed by atoms with E-state index in [1.54, 1.807) is 4.90 Å². The third kappa shape index (κ3) is 6.90. The van der Waals surface area contributed by atoms with Crippen LogP contribution >= 0.6 is 0 Å². The normalized spacial score (nSPS) is 16.0. The molecule has 2 aromatic carbocycles. The summed E-state index contributed by atoms with van der Waals surface area (Å²) >= 11 is 0. The average molecular weight is 409 g/mol. The summed E-state index contributed by atoms with van der Waals surface area (Å²) in [5.41, 5.74) is 5.07. The van der Waals surface area contributed by atoms with Crippen molar-refractivity contribution < 1.29 is 9.53 Å². The van der Waals surface area contributed by atoms with Crippen LogP contribution in [0.5, 0.6) is 0 Å². The predicted octanol–water partition coefficient (Wildman–Crippen LogP) is 4.27. The Hall–Kier alpha value is -2.83. The summed E-state index contributed by atoms with van der Waals surface area (Å²) in [7, 11) is 0. The molecule has 0 spiro atoms. The molecular formula is C24H32N4O2. The fourth-order valence-corrected chi connectivity index (χ4v) is 3.16. The van der Waals surface area contributed by atoms with E-state index in [1.807, 2.05) is 80.5 Å². The first-order chi connectivity index (χ1) is 14.4. The van der Waals surface area contributed by atoms with Crippen LogP contribution in [-0.4, -0.2) is 35.8 Å². The Morgan fingerprint density at radius 1 is 1.10 bits per heavy atom. The minimum absolute atomic E-state index is 0.0642. The quantitative estimate of drug-likeness (QED) is 0.639. The van der Waals surface area contributed by atoms with Crippen LogP contribution in [0.2, 0.25) is 0 Å². The highest BCUT2D eigenvalue weighted by Gasteiger charge is 2.22. The number of ether oxygens (including phenoxy) is 1. The van der Waals surface area contributed by atoms with Gasteiger partial charge < -0.3 is 9.64 Å². The van der Waals surface area contributed by atoms with Gasteiger partial charge in [0.25, 0.3) is 0 Å². The minimum Gasteiger partial charge on any atom is -0.444 e. The van der Waals surface area contributed by atoms with Crippen LogP contribution in [-0.2, 0) is 11.3 Å². The van der Waals surface area contributed by atoms with E-state index in [-0.39, 0.29) is 12.3 Å². The highest BCUT2D eigenvalue weighted by molar-refractivity contribution is 5.68. The van der Waals surface area contributed by atoms with Gasteiger partial charge >= 0.3 is 6.09 Å². The maximum atomic E-state index is 12.7. The zero-order valence-corrected chi connectivity index (χ0v) is 18.0. The van der Waals surface area contributed by atoms with E-state index in [0.717, 1.165) is 24.2 Å². The standard InChI is InChI=1S/C24H32N4O2/c1-24(2,3)30-23(29)27(19-20-11-6-4-7-12-20)17-10-16-25-22-15-18-28(26-22)21-13-8-5-9-14-21/h4-9,11-15,18,22,25-26H,10,16-17,19H2,1-3H3. The van der Waals surface area contributed by atoms with Gasteiger partial charge in [-0.05, 0) is 57.5 Å². The summed E-state index contributed by atoms with van der Waals surface area (Å²) < 4.78 is 5.60. The Morgan fingerprint density at radius 3 is 2.43 bits per heavy atom. The molecule has 1 unspecified atom stereocenters. The van der Waals surface area contributed by atoms with Crippen molar-refractivity contribution in [1.82, 2.24) is 15.6 Å². The second-order valence-corrected chi connectivity index (χ2v) is 8.35. The fraction of sp³-hybridized carbons (Fsp3) is 0.375. The topological polar surface area (TPSA) is 56.8 Å². The van der Waals surface area contributed by atoms with Gasteiger partial charge in [-0.2, -0.15) is 0 Å². The van der Waals surface area contributed by atoms with Crippen molar-refractivity contribution in [3.8, 4) is 0 Å². The lowest BCUT2D eigenvalue weighted by molar-refractivity contribution is 0.0231. The van der Waals surface area contributed by atoms with Crippen molar-refractivity contribution in [2.45, 2.75) is 45.5 Å². The number of hydrogen-bond acceptors (Lipinski definition) is 5. The van der Waals surface area contributed by atoms with Crippen molar-refractivity contribution >= 4 is 11.8 Å². The number of carbonyl (C=O) groups excluding carboxylic acids is 1. The molecule has 0 radical (unpaired) electrons. The maximum Gasteiger partial charge on any atom is 0.410 e. The van der Waals surface area contributed by atoms with E-state index in [1.165, 1.54) is 0 Å². The van der Waals surface area contributed by atoms with Gasteiger partial charge in [-0.25, -0.2) is 10.2 Å².